The summed E-state index contributed by atoms with van der Waals surface area (Å²) in [5, 5.41) is 17.8. The standard InChI is InChI=1S/C10H9NO4/c1-5-3-2-4-6-7(5)11-9(15-6)8(12)10(13)14/h2-4,8,12H,1H3,(H,13,14). The fraction of sp³-hybridized carbons (Fsp3) is 0.200. The molecular weight excluding hydrogens is 198 g/mol. The Labute approximate surface area is 85.0 Å². The van der Waals surface area contributed by atoms with Crippen molar-refractivity contribution in [1.29, 1.82) is 0 Å². The van der Waals surface area contributed by atoms with E-state index in [0.29, 0.717) is 11.1 Å². The third kappa shape index (κ3) is 1.57. The molecule has 2 N–H and O–H groups in total. The molecule has 1 unspecified atom stereocenters. The summed E-state index contributed by atoms with van der Waals surface area (Å²) in [7, 11) is 0. The lowest BCUT2D eigenvalue weighted by Gasteiger charge is -1.96. The van der Waals surface area contributed by atoms with Crippen molar-refractivity contribution in [1.82, 2.24) is 4.98 Å². The first kappa shape index (κ1) is 9.67. The molecule has 0 spiro atoms. The van der Waals surface area contributed by atoms with Crippen LogP contribution in [-0.2, 0) is 4.79 Å². The molecule has 0 fully saturated rings. The lowest BCUT2D eigenvalue weighted by atomic mass is 10.2. The van der Waals surface area contributed by atoms with Crippen LogP contribution in [0.1, 0.15) is 17.6 Å². The quantitative estimate of drug-likeness (QED) is 0.774. The van der Waals surface area contributed by atoms with E-state index in [9.17, 15) is 9.90 Å². The van der Waals surface area contributed by atoms with Crippen LogP contribution in [0.2, 0.25) is 0 Å². The fourth-order valence-corrected chi connectivity index (χ4v) is 1.33. The molecule has 1 heterocycles. The molecule has 0 amide bonds. The number of rotatable bonds is 2. The maximum atomic E-state index is 10.5. The Morgan fingerprint density at radius 1 is 1.53 bits per heavy atom. The van der Waals surface area contributed by atoms with Crippen molar-refractivity contribution in [3.8, 4) is 0 Å². The summed E-state index contributed by atoms with van der Waals surface area (Å²) < 4.78 is 5.13. The zero-order valence-electron chi connectivity index (χ0n) is 7.97. The first-order valence-corrected chi connectivity index (χ1v) is 4.36. The Balaban J connectivity index is 2.56. The van der Waals surface area contributed by atoms with Crippen LogP contribution in [0, 0.1) is 6.92 Å². The van der Waals surface area contributed by atoms with Crippen LogP contribution in [0.3, 0.4) is 0 Å². The lowest BCUT2D eigenvalue weighted by molar-refractivity contribution is -0.148. The van der Waals surface area contributed by atoms with Crippen LogP contribution >= 0.6 is 0 Å². The SMILES string of the molecule is Cc1cccc2oc(C(O)C(=O)O)nc12. The summed E-state index contributed by atoms with van der Waals surface area (Å²) >= 11 is 0. The van der Waals surface area contributed by atoms with Crippen LogP contribution in [0.5, 0.6) is 0 Å². The number of para-hydroxylation sites is 1. The molecule has 1 aromatic carbocycles. The highest BCUT2D eigenvalue weighted by Crippen LogP contribution is 2.22. The van der Waals surface area contributed by atoms with Gasteiger partial charge in [0, 0.05) is 0 Å². The number of hydrogen-bond donors (Lipinski definition) is 2. The van der Waals surface area contributed by atoms with E-state index in [2.05, 4.69) is 4.98 Å². The largest absolute Gasteiger partial charge is 0.479 e. The molecular formula is C10H9NO4. The molecule has 5 nitrogen and oxygen atoms in total. The average Bonchev–Trinajstić information content (AvgIpc) is 2.61. The van der Waals surface area contributed by atoms with Crippen LogP contribution in [0.25, 0.3) is 11.1 Å². The molecule has 2 aromatic rings. The van der Waals surface area contributed by atoms with Gasteiger partial charge in [0.1, 0.15) is 5.52 Å². The van der Waals surface area contributed by atoms with E-state index in [1.165, 1.54) is 0 Å². The number of fused-ring (bicyclic) bond motifs is 1. The normalized spacial score (nSPS) is 12.9. The highest BCUT2D eigenvalue weighted by molar-refractivity contribution is 5.78. The molecule has 1 aromatic heterocycles. The van der Waals surface area contributed by atoms with Crippen LogP contribution < -0.4 is 0 Å². The molecule has 15 heavy (non-hydrogen) atoms. The topological polar surface area (TPSA) is 83.6 Å². The summed E-state index contributed by atoms with van der Waals surface area (Å²) in [5.41, 5.74) is 1.93. The molecule has 0 radical (unpaired) electrons. The molecule has 0 saturated carbocycles. The number of aliphatic carboxylic acids is 1. The maximum absolute atomic E-state index is 10.5. The van der Waals surface area contributed by atoms with Gasteiger partial charge in [-0.15, -0.1) is 0 Å². The Bertz CT molecular complexity index is 517. The van der Waals surface area contributed by atoms with Crippen molar-refractivity contribution in [2.24, 2.45) is 0 Å². The monoisotopic (exact) mass is 207 g/mol. The Kier molecular flexibility index (Phi) is 2.17. The highest BCUT2D eigenvalue weighted by atomic mass is 16.4. The van der Waals surface area contributed by atoms with E-state index in [4.69, 9.17) is 9.52 Å². The summed E-state index contributed by atoms with van der Waals surface area (Å²) in [6.07, 6.45) is -1.71. The van der Waals surface area contributed by atoms with Gasteiger partial charge in [0.15, 0.2) is 5.58 Å². The minimum atomic E-state index is -1.71. The second-order valence-electron chi connectivity index (χ2n) is 3.21. The minimum Gasteiger partial charge on any atom is -0.479 e. The first-order valence-electron chi connectivity index (χ1n) is 4.36. The van der Waals surface area contributed by atoms with Gasteiger partial charge in [0.2, 0.25) is 12.0 Å². The number of aliphatic hydroxyl groups excluding tert-OH is 1. The Hall–Kier alpha value is -1.88. The molecule has 0 aliphatic rings. The molecule has 0 aliphatic heterocycles. The third-order valence-corrected chi connectivity index (χ3v) is 2.11. The number of carbonyl (C=O) groups is 1. The molecule has 5 heteroatoms. The van der Waals surface area contributed by atoms with Gasteiger partial charge in [-0.1, -0.05) is 12.1 Å². The van der Waals surface area contributed by atoms with Gasteiger partial charge in [0.25, 0.3) is 0 Å². The van der Waals surface area contributed by atoms with Gasteiger partial charge < -0.3 is 14.6 Å². The van der Waals surface area contributed by atoms with Crippen molar-refractivity contribution in [2.75, 3.05) is 0 Å². The molecule has 1 atom stereocenters. The zero-order chi connectivity index (χ0) is 11.0. The first-order chi connectivity index (χ1) is 7.09. The number of hydrogen-bond acceptors (Lipinski definition) is 4. The van der Waals surface area contributed by atoms with Crippen molar-refractivity contribution < 1.29 is 19.4 Å². The molecule has 78 valence electrons. The number of nitrogens with zero attached hydrogens (tertiary/aromatic N) is 1. The number of aliphatic hydroxyl groups is 1. The second-order valence-corrected chi connectivity index (χ2v) is 3.21. The zero-order valence-corrected chi connectivity index (χ0v) is 7.97. The number of benzene rings is 1. The van der Waals surface area contributed by atoms with Crippen LogP contribution in [-0.4, -0.2) is 21.2 Å². The van der Waals surface area contributed by atoms with E-state index < -0.39 is 12.1 Å². The summed E-state index contributed by atoms with van der Waals surface area (Å²) in [6, 6.07) is 5.29. The lowest BCUT2D eigenvalue weighted by Crippen LogP contribution is -2.10. The molecule has 0 bridgehead atoms. The predicted octanol–water partition coefficient (Wildman–Crippen LogP) is 1.25. The minimum absolute atomic E-state index is 0.188. The van der Waals surface area contributed by atoms with Crippen molar-refractivity contribution in [3.05, 3.63) is 29.7 Å². The van der Waals surface area contributed by atoms with E-state index in [0.717, 1.165) is 5.56 Å². The van der Waals surface area contributed by atoms with Gasteiger partial charge in [-0.2, -0.15) is 0 Å². The van der Waals surface area contributed by atoms with E-state index in [-0.39, 0.29) is 5.89 Å². The number of aromatic nitrogens is 1. The van der Waals surface area contributed by atoms with E-state index in [1.807, 2.05) is 13.0 Å². The van der Waals surface area contributed by atoms with Gasteiger partial charge in [-0.25, -0.2) is 9.78 Å². The number of aryl methyl sites for hydroxylation is 1. The van der Waals surface area contributed by atoms with Crippen molar-refractivity contribution in [2.45, 2.75) is 13.0 Å². The number of carboxylic acid groups (broad SMARTS) is 1. The van der Waals surface area contributed by atoms with E-state index in [1.54, 1.807) is 12.1 Å². The predicted molar refractivity (Wildman–Crippen MR) is 51.3 cm³/mol. The third-order valence-electron chi connectivity index (χ3n) is 2.11. The van der Waals surface area contributed by atoms with Gasteiger partial charge in [0.05, 0.1) is 0 Å². The van der Waals surface area contributed by atoms with Gasteiger partial charge in [-0.3, -0.25) is 0 Å². The number of oxazole rings is 1. The Morgan fingerprint density at radius 3 is 2.87 bits per heavy atom. The molecule has 2 rings (SSSR count). The van der Waals surface area contributed by atoms with Crippen LogP contribution in [0.4, 0.5) is 0 Å². The number of carboxylic acids is 1. The van der Waals surface area contributed by atoms with Gasteiger partial charge in [-0.05, 0) is 18.6 Å². The smallest absolute Gasteiger partial charge is 0.342 e. The summed E-state index contributed by atoms with van der Waals surface area (Å²) in [6.45, 7) is 1.84. The molecule has 0 saturated heterocycles. The Morgan fingerprint density at radius 2 is 2.27 bits per heavy atom. The second kappa shape index (κ2) is 3.36. The highest BCUT2D eigenvalue weighted by Gasteiger charge is 2.22. The van der Waals surface area contributed by atoms with Gasteiger partial charge >= 0.3 is 5.97 Å². The summed E-state index contributed by atoms with van der Waals surface area (Å²) in [5.74, 6) is -1.56. The molecule has 0 aliphatic carbocycles. The fourth-order valence-electron chi connectivity index (χ4n) is 1.33. The van der Waals surface area contributed by atoms with Crippen molar-refractivity contribution in [3.63, 3.8) is 0 Å². The maximum Gasteiger partial charge on any atom is 0.342 e. The van der Waals surface area contributed by atoms with Crippen LogP contribution in [0.15, 0.2) is 22.6 Å². The summed E-state index contributed by atoms with van der Waals surface area (Å²) in [4.78, 5) is 14.4. The van der Waals surface area contributed by atoms with E-state index >= 15 is 0 Å². The van der Waals surface area contributed by atoms with Crippen molar-refractivity contribution >= 4 is 17.1 Å². The average molecular weight is 207 g/mol.